The van der Waals surface area contributed by atoms with Gasteiger partial charge in [0.2, 0.25) is 5.91 Å². The highest BCUT2D eigenvalue weighted by Gasteiger charge is 2.37. The van der Waals surface area contributed by atoms with E-state index in [1.54, 1.807) is 19.0 Å². The summed E-state index contributed by atoms with van der Waals surface area (Å²) >= 11 is 0. The van der Waals surface area contributed by atoms with Crippen LogP contribution in [0.15, 0.2) is 48.5 Å². The molecule has 1 saturated heterocycles. The van der Waals surface area contributed by atoms with E-state index >= 15 is 0 Å². The molecule has 2 aliphatic heterocycles. The molecule has 2 aliphatic rings. The van der Waals surface area contributed by atoms with Crippen LogP contribution in [0.1, 0.15) is 41.3 Å². The Morgan fingerprint density at radius 3 is 2.41 bits per heavy atom. The zero-order valence-electron chi connectivity index (χ0n) is 17.1. The zero-order chi connectivity index (χ0) is 20.4. The van der Waals surface area contributed by atoms with Gasteiger partial charge >= 0.3 is 0 Å². The fraction of sp³-hybridized carbons (Fsp3) is 0.391. The van der Waals surface area contributed by atoms with E-state index in [2.05, 4.69) is 34.5 Å². The number of nitrogens with zero attached hydrogens (tertiary/aromatic N) is 3. The van der Waals surface area contributed by atoms with E-state index in [0.29, 0.717) is 5.56 Å². The average molecular weight is 393 g/mol. The number of hydrogen-bond donors (Lipinski definition) is 1. The quantitative estimate of drug-likeness (QED) is 0.869. The minimum Gasteiger partial charge on any atom is -0.372 e. The molecular formula is C23H28N4O2. The van der Waals surface area contributed by atoms with Crippen molar-refractivity contribution in [1.29, 1.82) is 0 Å². The Hall–Kier alpha value is -3.02. The SMILES string of the molecule is CNC(=O)CN1c2ccccc2C(=O)N(C)C1c1ccc(N2CCCCC2)cc1. The van der Waals surface area contributed by atoms with Gasteiger partial charge in [-0.2, -0.15) is 0 Å². The third-order valence-electron chi connectivity index (χ3n) is 5.93. The lowest BCUT2D eigenvalue weighted by atomic mass is 10.0. The maximum absolute atomic E-state index is 13.0. The van der Waals surface area contributed by atoms with Gasteiger partial charge in [-0.3, -0.25) is 9.59 Å². The summed E-state index contributed by atoms with van der Waals surface area (Å²) < 4.78 is 0. The predicted octanol–water partition coefficient (Wildman–Crippen LogP) is 3.01. The van der Waals surface area contributed by atoms with Crippen LogP contribution in [0.4, 0.5) is 11.4 Å². The highest BCUT2D eigenvalue weighted by molar-refractivity contribution is 6.02. The van der Waals surface area contributed by atoms with Crippen molar-refractivity contribution in [3.63, 3.8) is 0 Å². The standard InChI is InChI=1S/C23H28N4O2/c1-24-21(28)16-27-20-9-5-4-8-19(20)23(29)25(2)22(27)17-10-12-18(13-11-17)26-14-6-3-7-15-26/h4-5,8-13,22H,3,6-7,14-16H2,1-2H3,(H,24,28). The molecule has 2 heterocycles. The summed E-state index contributed by atoms with van der Waals surface area (Å²) in [6.45, 7) is 2.37. The number of hydrogen-bond acceptors (Lipinski definition) is 4. The topological polar surface area (TPSA) is 55.9 Å². The Morgan fingerprint density at radius 1 is 1.03 bits per heavy atom. The van der Waals surface area contributed by atoms with Gasteiger partial charge in [-0.05, 0) is 49.1 Å². The molecule has 4 rings (SSSR count). The monoisotopic (exact) mass is 392 g/mol. The van der Waals surface area contributed by atoms with Gasteiger partial charge in [0.15, 0.2) is 0 Å². The molecule has 2 aromatic carbocycles. The number of likely N-dealkylation sites (N-methyl/N-ethyl adjacent to an activating group) is 1. The molecule has 0 bridgehead atoms. The maximum Gasteiger partial charge on any atom is 0.257 e. The molecule has 29 heavy (non-hydrogen) atoms. The molecular weight excluding hydrogens is 364 g/mol. The van der Waals surface area contributed by atoms with Gasteiger partial charge in [0.05, 0.1) is 17.8 Å². The second-order valence-corrected chi connectivity index (χ2v) is 7.75. The van der Waals surface area contributed by atoms with Gasteiger partial charge in [0.25, 0.3) is 5.91 Å². The van der Waals surface area contributed by atoms with Crippen molar-refractivity contribution in [3.05, 3.63) is 59.7 Å². The lowest BCUT2D eigenvalue weighted by Gasteiger charge is -2.44. The van der Waals surface area contributed by atoms with Crippen molar-refractivity contribution in [2.75, 3.05) is 43.5 Å². The summed E-state index contributed by atoms with van der Waals surface area (Å²) in [5.74, 6) is -0.114. The Labute approximate surface area is 172 Å². The van der Waals surface area contributed by atoms with Gasteiger partial charge in [-0.25, -0.2) is 0 Å². The Balaban J connectivity index is 1.69. The van der Waals surface area contributed by atoms with Crippen molar-refractivity contribution in [2.24, 2.45) is 0 Å². The number of carbonyl (C=O) groups excluding carboxylic acids is 2. The van der Waals surface area contributed by atoms with Crippen LogP contribution in [0.5, 0.6) is 0 Å². The fourth-order valence-electron chi connectivity index (χ4n) is 4.37. The molecule has 6 nitrogen and oxygen atoms in total. The number of benzene rings is 2. The molecule has 2 amide bonds. The fourth-order valence-corrected chi connectivity index (χ4v) is 4.37. The predicted molar refractivity (Wildman–Crippen MR) is 115 cm³/mol. The first kappa shape index (κ1) is 19.3. The first-order valence-corrected chi connectivity index (χ1v) is 10.3. The second kappa shape index (κ2) is 8.15. The molecule has 0 spiro atoms. The molecule has 152 valence electrons. The largest absolute Gasteiger partial charge is 0.372 e. The number of nitrogens with one attached hydrogen (secondary N) is 1. The van der Waals surface area contributed by atoms with Gasteiger partial charge in [0.1, 0.15) is 6.17 Å². The molecule has 0 radical (unpaired) electrons. The number of fused-ring (bicyclic) bond motifs is 1. The van der Waals surface area contributed by atoms with Crippen LogP contribution in [0.3, 0.4) is 0 Å². The molecule has 0 aromatic heterocycles. The normalized spacial score (nSPS) is 19.2. The lowest BCUT2D eigenvalue weighted by Crippen LogP contribution is -2.50. The van der Waals surface area contributed by atoms with Gasteiger partial charge in [-0.15, -0.1) is 0 Å². The van der Waals surface area contributed by atoms with Crippen LogP contribution in [-0.4, -0.2) is 50.4 Å². The highest BCUT2D eigenvalue weighted by atomic mass is 16.2. The zero-order valence-corrected chi connectivity index (χ0v) is 17.1. The Bertz CT molecular complexity index is 890. The average Bonchev–Trinajstić information content (AvgIpc) is 2.78. The van der Waals surface area contributed by atoms with E-state index in [1.165, 1.54) is 24.9 Å². The van der Waals surface area contributed by atoms with Crippen molar-refractivity contribution in [2.45, 2.75) is 25.4 Å². The summed E-state index contributed by atoms with van der Waals surface area (Å²) in [5.41, 5.74) is 3.64. The van der Waals surface area contributed by atoms with Crippen LogP contribution in [0.25, 0.3) is 0 Å². The van der Waals surface area contributed by atoms with E-state index in [1.807, 2.05) is 29.2 Å². The highest BCUT2D eigenvalue weighted by Crippen LogP contribution is 2.38. The maximum atomic E-state index is 13.0. The van der Waals surface area contributed by atoms with Crippen molar-refractivity contribution in [3.8, 4) is 0 Å². The Kier molecular flexibility index (Phi) is 5.43. The van der Waals surface area contributed by atoms with Crippen molar-refractivity contribution < 1.29 is 9.59 Å². The molecule has 0 saturated carbocycles. The summed E-state index contributed by atoms with van der Waals surface area (Å²) in [7, 11) is 3.44. The summed E-state index contributed by atoms with van der Waals surface area (Å²) in [5, 5.41) is 2.70. The molecule has 1 fully saturated rings. The van der Waals surface area contributed by atoms with Gasteiger partial charge in [-0.1, -0.05) is 24.3 Å². The number of piperidine rings is 1. The van der Waals surface area contributed by atoms with Gasteiger partial charge < -0.3 is 20.0 Å². The molecule has 0 aliphatic carbocycles. The van der Waals surface area contributed by atoms with Crippen molar-refractivity contribution >= 4 is 23.2 Å². The number of rotatable bonds is 4. The molecule has 6 heteroatoms. The summed E-state index contributed by atoms with van der Waals surface area (Å²) in [6, 6.07) is 15.9. The smallest absolute Gasteiger partial charge is 0.257 e. The van der Waals surface area contributed by atoms with Crippen molar-refractivity contribution in [1.82, 2.24) is 10.2 Å². The van der Waals surface area contributed by atoms with Crippen LogP contribution >= 0.6 is 0 Å². The second-order valence-electron chi connectivity index (χ2n) is 7.75. The summed E-state index contributed by atoms with van der Waals surface area (Å²) in [6.07, 6.45) is 3.44. The van der Waals surface area contributed by atoms with Crippen LogP contribution in [0, 0.1) is 0 Å². The first-order chi connectivity index (χ1) is 14.1. The third-order valence-corrected chi connectivity index (χ3v) is 5.93. The van der Waals surface area contributed by atoms with E-state index in [9.17, 15) is 9.59 Å². The van der Waals surface area contributed by atoms with Crippen LogP contribution in [-0.2, 0) is 4.79 Å². The lowest BCUT2D eigenvalue weighted by molar-refractivity contribution is -0.119. The van der Waals surface area contributed by atoms with Crippen LogP contribution in [0.2, 0.25) is 0 Å². The van der Waals surface area contributed by atoms with E-state index in [4.69, 9.17) is 0 Å². The van der Waals surface area contributed by atoms with E-state index < -0.39 is 0 Å². The Morgan fingerprint density at radius 2 is 1.72 bits per heavy atom. The van der Waals surface area contributed by atoms with E-state index in [-0.39, 0.29) is 24.5 Å². The minimum atomic E-state index is -0.329. The third kappa shape index (κ3) is 3.67. The summed E-state index contributed by atoms with van der Waals surface area (Å²) in [4.78, 5) is 31.4. The molecule has 1 unspecified atom stereocenters. The van der Waals surface area contributed by atoms with Crippen LogP contribution < -0.4 is 15.1 Å². The number of para-hydroxylation sites is 1. The first-order valence-electron chi connectivity index (χ1n) is 10.3. The molecule has 2 aromatic rings. The number of anilines is 2. The number of amides is 2. The van der Waals surface area contributed by atoms with E-state index in [0.717, 1.165) is 24.3 Å². The molecule has 1 atom stereocenters. The minimum absolute atomic E-state index is 0.0288. The van der Waals surface area contributed by atoms with Gasteiger partial charge in [0, 0.05) is 32.9 Å². The molecule has 1 N–H and O–H groups in total. The number of carbonyl (C=O) groups is 2.